The second kappa shape index (κ2) is 9.35. The monoisotopic (exact) mass is 283 g/mol. The topological polar surface area (TPSA) is 21.3 Å². The summed E-state index contributed by atoms with van der Waals surface area (Å²) in [5.74, 6) is 0.607. The van der Waals surface area contributed by atoms with Crippen LogP contribution in [-0.2, 0) is 11.2 Å². The first-order chi connectivity index (χ1) is 9.11. The Labute approximate surface area is 122 Å². The summed E-state index contributed by atoms with van der Waals surface area (Å²) in [6.45, 7) is 9.08. The van der Waals surface area contributed by atoms with E-state index >= 15 is 0 Å². The summed E-state index contributed by atoms with van der Waals surface area (Å²) in [5.41, 5.74) is 1.34. The Morgan fingerprint density at radius 2 is 1.89 bits per heavy atom. The third kappa shape index (κ3) is 7.56. The van der Waals surface area contributed by atoms with Crippen LogP contribution in [0.15, 0.2) is 24.3 Å². The lowest BCUT2D eigenvalue weighted by molar-refractivity contribution is 0.131. The van der Waals surface area contributed by atoms with Gasteiger partial charge in [0.05, 0.1) is 0 Å². The maximum atomic E-state index is 5.92. The molecule has 0 fully saturated rings. The molecular formula is C16H26ClNO. The maximum absolute atomic E-state index is 5.92. The molecule has 3 heteroatoms. The summed E-state index contributed by atoms with van der Waals surface area (Å²) >= 11 is 5.92. The minimum atomic E-state index is 0.528. The second-order valence-electron chi connectivity index (χ2n) is 5.25. The zero-order valence-corrected chi connectivity index (χ0v) is 13.0. The van der Waals surface area contributed by atoms with E-state index in [1.807, 2.05) is 19.1 Å². The number of hydrogen-bond donors (Lipinski definition) is 1. The second-order valence-corrected chi connectivity index (χ2v) is 5.68. The molecule has 0 aliphatic carbocycles. The number of benzene rings is 1. The van der Waals surface area contributed by atoms with E-state index in [-0.39, 0.29) is 0 Å². The number of nitrogens with one attached hydrogen (secondary N) is 1. The van der Waals surface area contributed by atoms with Gasteiger partial charge in [-0.1, -0.05) is 37.6 Å². The molecule has 0 amide bonds. The summed E-state index contributed by atoms with van der Waals surface area (Å²) in [6.07, 6.45) is 2.17. The van der Waals surface area contributed by atoms with Gasteiger partial charge in [0.2, 0.25) is 0 Å². The van der Waals surface area contributed by atoms with Crippen molar-refractivity contribution in [3.63, 3.8) is 0 Å². The average molecular weight is 284 g/mol. The van der Waals surface area contributed by atoms with Gasteiger partial charge in [0.25, 0.3) is 0 Å². The molecular weight excluding hydrogens is 258 g/mol. The van der Waals surface area contributed by atoms with Crippen LogP contribution >= 0.6 is 11.6 Å². The molecule has 1 aromatic carbocycles. The van der Waals surface area contributed by atoms with E-state index in [1.165, 1.54) is 5.56 Å². The Morgan fingerprint density at radius 1 is 1.21 bits per heavy atom. The molecule has 1 rings (SSSR count). The van der Waals surface area contributed by atoms with Crippen molar-refractivity contribution in [1.29, 1.82) is 0 Å². The van der Waals surface area contributed by atoms with Gasteiger partial charge in [-0.05, 0) is 49.9 Å². The highest BCUT2D eigenvalue weighted by Crippen LogP contribution is 2.15. The van der Waals surface area contributed by atoms with Gasteiger partial charge in [-0.15, -0.1) is 0 Å². The SMILES string of the molecule is CCOCCC(CNC(C)C)Cc1ccc(Cl)cc1. The van der Waals surface area contributed by atoms with Crippen molar-refractivity contribution in [1.82, 2.24) is 5.32 Å². The highest BCUT2D eigenvalue weighted by atomic mass is 35.5. The van der Waals surface area contributed by atoms with Gasteiger partial charge >= 0.3 is 0 Å². The number of hydrogen-bond acceptors (Lipinski definition) is 2. The zero-order chi connectivity index (χ0) is 14.1. The molecule has 1 atom stereocenters. The lowest BCUT2D eigenvalue weighted by Gasteiger charge is -2.19. The standard InChI is InChI=1S/C16H26ClNO/c1-4-19-10-9-15(12-18-13(2)3)11-14-5-7-16(17)8-6-14/h5-8,13,15,18H,4,9-12H2,1-3H3. The molecule has 0 heterocycles. The highest BCUT2D eigenvalue weighted by Gasteiger charge is 2.10. The first kappa shape index (κ1) is 16.5. The van der Waals surface area contributed by atoms with E-state index in [0.29, 0.717) is 12.0 Å². The molecule has 108 valence electrons. The summed E-state index contributed by atoms with van der Waals surface area (Å²) < 4.78 is 5.48. The Balaban J connectivity index is 2.48. The summed E-state index contributed by atoms with van der Waals surface area (Å²) in [5, 5.41) is 4.32. The highest BCUT2D eigenvalue weighted by molar-refractivity contribution is 6.30. The molecule has 1 unspecified atom stereocenters. The fourth-order valence-corrected chi connectivity index (χ4v) is 2.15. The zero-order valence-electron chi connectivity index (χ0n) is 12.3. The fraction of sp³-hybridized carbons (Fsp3) is 0.625. The van der Waals surface area contributed by atoms with E-state index in [0.717, 1.165) is 37.6 Å². The summed E-state index contributed by atoms with van der Waals surface area (Å²) in [4.78, 5) is 0. The van der Waals surface area contributed by atoms with Crippen LogP contribution in [-0.4, -0.2) is 25.8 Å². The van der Waals surface area contributed by atoms with Crippen LogP contribution < -0.4 is 5.32 Å². The summed E-state index contributed by atoms with van der Waals surface area (Å²) in [7, 11) is 0. The van der Waals surface area contributed by atoms with Gasteiger partial charge in [0.15, 0.2) is 0 Å². The first-order valence-electron chi connectivity index (χ1n) is 7.17. The number of ether oxygens (including phenoxy) is 1. The van der Waals surface area contributed by atoms with E-state index in [4.69, 9.17) is 16.3 Å². The van der Waals surface area contributed by atoms with Crippen molar-refractivity contribution in [2.75, 3.05) is 19.8 Å². The summed E-state index contributed by atoms with van der Waals surface area (Å²) in [6, 6.07) is 8.69. The van der Waals surface area contributed by atoms with Crippen molar-refractivity contribution in [2.45, 2.75) is 39.7 Å². The molecule has 19 heavy (non-hydrogen) atoms. The predicted molar refractivity (Wildman–Crippen MR) is 82.9 cm³/mol. The van der Waals surface area contributed by atoms with Gasteiger partial charge in [0, 0.05) is 24.3 Å². The lowest BCUT2D eigenvalue weighted by atomic mass is 9.96. The Hall–Kier alpha value is -0.570. The maximum Gasteiger partial charge on any atom is 0.0469 e. The molecule has 0 saturated carbocycles. The van der Waals surface area contributed by atoms with Crippen LogP contribution in [0.1, 0.15) is 32.8 Å². The third-order valence-electron chi connectivity index (χ3n) is 3.13. The minimum Gasteiger partial charge on any atom is -0.382 e. The fourth-order valence-electron chi connectivity index (χ4n) is 2.03. The van der Waals surface area contributed by atoms with Gasteiger partial charge in [-0.3, -0.25) is 0 Å². The van der Waals surface area contributed by atoms with E-state index in [2.05, 4.69) is 31.3 Å². The Morgan fingerprint density at radius 3 is 2.47 bits per heavy atom. The normalized spacial score (nSPS) is 12.9. The first-order valence-corrected chi connectivity index (χ1v) is 7.55. The van der Waals surface area contributed by atoms with Crippen LogP contribution in [0.3, 0.4) is 0 Å². The van der Waals surface area contributed by atoms with Crippen LogP contribution in [0.25, 0.3) is 0 Å². The molecule has 0 aliphatic rings. The van der Waals surface area contributed by atoms with Crippen molar-refractivity contribution in [3.05, 3.63) is 34.9 Å². The number of rotatable bonds is 9. The molecule has 1 aromatic rings. The number of halogens is 1. The van der Waals surface area contributed by atoms with E-state index < -0.39 is 0 Å². The molecule has 0 aromatic heterocycles. The van der Waals surface area contributed by atoms with Gasteiger partial charge in [0.1, 0.15) is 0 Å². The molecule has 1 N–H and O–H groups in total. The third-order valence-corrected chi connectivity index (χ3v) is 3.38. The smallest absolute Gasteiger partial charge is 0.0469 e. The Kier molecular flexibility index (Phi) is 8.11. The molecule has 0 saturated heterocycles. The molecule has 0 aliphatic heterocycles. The van der Waals surface area contributed by atoms with Crippen LogP contribution in [0.2, 0.25) is 5.02 Å². The van der Waals surface area contributed by atoms with Gasteiger partial charge in [-0.2, -0.15) is 0 Å². The Bertz CT molecular complexity index is 337. The van der Waals surface area contributed by atoms with Crippen LogP contribution in [0.5, 0.6) is 0 Å². The van der Waals surface area contributed by atoms with Crippen molar-refractivity contribution in [2.24, 2.45) is 5.92 Å². The van der Waals surface area contributed by atoms with Crippen LogP contribution in [0, 0.1) is 5.92 Å². The van der Waals surface area contributed by atoms with Crippen LogP contribution in [0.4, 0.5) is 0 Å². The van der Waals surface area contributed by atoms with E-state index in [1.54, 1.807) is 0 Å². The van der Waals surface area contributed by atoms with Gasteiger partial charge < -0.3 is 10.1 Å². The van der Waals surface area contributed by atoms with Crippen molar-refractivity contribution in [3.8, 4) is 0 Å². The predicted octanol–water partition coefficient (Wildman–Crippen LogP) is 3.92. The molecule has 0 spiro atoms. The quantitative estimate of drug-likeness (QED) is 0.694. The van der Waals surface area contributed by atoms with Crippen molar-refractivity contribution >= 4 is 11.6 Å². The molecule has 0 radical (unpaired) electrons. The van der Waals surface area contributed by atoms with Gasteiger partial charge in [-0.25, -0.2) is 0 Å². The average Bonchev–Trinajstić information content (AvgIpc) is 2.38. The molecule has 0 bridgehead atoms. The molecule has 2 nitrogen and oxygen atoms in total. The lowest BCUT2D eigenvalue weighted by Crippen LogP contribution is -2.30. The van der Waals surface area contributed by atoms with Crippen molar-refractivity contribution < 1.29 is 4.74 Å². The largest absolute Gasteiger partial charge is 0.382 e. The minimum absolute atomic E-state index is 0.528. The van der Waals surface area contributed by atoms with E-state index in [9.17, 15) is 0 Å².